The molecule has 1 aromatic heterocycles. The number of carbonyl (C=O) groups is 1. The molecule has 4 rings (SSSR count). The molecular weight excluding hydrogens is 469 g/mol. The van der Waals surface area contributed by atoms with Crippen LogP contribution in [0.1, 0.15) is 16.7 Å². The summed E-state index contributed by atoms with van der Waals surface area (Å²) in [4.78, 5) is 12.1. The lowest BCUT2D eigenvalue weighted by atomic mass is 10.0. The molecule has 0 fully saturated rings. The number of benzene rings is 3. The van der Waals surface area contributed by atoms with Gasteiger partial charge in [-0.2, -0.15) is 5.10 Å². The van der Waals surface area contributed by atoms with Gasteiger partial charge in [0.15, 0.2) is 8.68 Å². The highest BCUT2D eigenvalue weighted by atomic mass is 32.2. The third-order valence-electron chi connectivity index (χ3n) is 4.62. The number of hydrogen-bond acceptors (Lipinski definition) is 7. The van der Waals surface area contributed by atoms with Gasteiger partial charge in [0.25, 0.3) is 5.91 Å². The van der Waals surface area contributed by atoms with Gasteiger partial charge in [0.1, 0.15) is 0 Å². The number of nitrogens with one attached hydrogen (secondary N) is 1. The second kappa shape index (κ2) is 11.8. The molecule has 1 heterocycles. The van der Waals surface area contributed by atoms with Crippen LogP contribution in [0.4, 0.5) is 0 Å². The molecule has 0 spiro atoms. The van der Waals surface area contributed by atoms with E-state index in [1.54, 1.807) is 18.0 Å². The smallest absolute Gasteiger partial charge is 0.250 e. The van der Waals surface area contributed by atoms with Crippen LogP contribution >= 0.6 is 34.9 Å². The lowest BCUT2D eigenvalue weighted by Crippen LogP contribution is -2.19. The quantitative estimate of drug-likeness (QED) is 0.176. The van der Waals surface area contributed by atoms with Gasteiger partial charge in [-0.05, 0) is 29.2 Å². The first-order chi connectivity index (χ1) is 16.2. The number of nitrogens with zero attached hydrogens (tertiary/aromatic N) is 3. The zero-order chi connectivity index (χ0) is 22.9. The van der Waals surface area contributed by atoms with Crippen LogP contribution in [0.5, 0.6) is 0 Å². The van der Waals surface area contributed by atoms with Gasteiger partial charge in [-0.15, -0.1) is 10.2 Å². The normalized spacial score (nSPS) is 11.1. The zero-order valence-electron chi connectivity index (χ0n) is 18.0. The molecule has 4 aromatic rings. The van der Waals surface area contributed by atoms with Gasteiger partial charge in [-0.25, -0.2) is 5.43 Å². The van der Waals surface area contributed by atoms with Crippen LogP contribution in [0.25, 0.3) is 11.1 Å². The molecule has 8 heteroatoms. The topological polar surface area (TPSA) is 67.2 Å². The van der Waals surface area contributed by atoms with Crippen LogP contribution in [-0.4, -0.2) is 28.1 Å². The molecule has 0 bridgehead atoms. The SMILES string of the molecule is Cc1ccc(CSc2nnc(SCC(=O)N/N=C/c3ccc(-c4ccccc4)cc3)s2)cc1. The summed E-state index contributed by atoms with van der Waals surface area (Å²) in [7, 11) is 0. The van der Waals surface area contributed by atoms with Crippen molar-refractivity contribution in [2.75, 3.05) is 5.75 Å². The van der Waals surface area contributed by atoms with Crippen molar-refractivity contribution >= 4 is 47.0 Å². The lowest BCUT2D eigenvalue weighted by molar-refractivity contribution is -0.118. The number of hydrogen-bond donors (Lipinski definition) is 1. The van der Waals surface area contributed by atoms with Crippen molar-refractivity contribution in [1.29, 1.82) is 0 Å². The number of aromatic nitrogens is 2. The maximum absolute atomic E-state index is 12.1. The first-order valence-corrected chi connectivity index (χ1v) is 13.1. The zero-order valence-corrected chi connectivity index (χ0v) is 20.4. The molecule has 0 radical (unpaired) electrons. The fraction of sp³-hybridized carbons (Fsp3) is 0.120. The van der Waals surface area contributed by atoms with Crippen LogP contribution in [0.3, 0.4) is 0 Å². The number of hydrazone groups is 1. The Labute approximate surface area is 205 Å². The van der Waals surface area contributed by atoms with E-state index in [9.17, 15) is 4.79 Å². The molecule has 1 amide bonds. The minimum absolute atomic E-state index is 0.179. The fourth-order valence-electron chi connectivity index (χ4n) is 2.87. The van der Waals surface area contributed by atoms with Crippen LogP contribution in [0, 0.1) is 6.92 Å². The van der Waals surface area contributed by atoms with Crippen LogP contribution < -0.4 is 5.43 Å². The summed E-state index contributed by atoms with van der Waals surface area (Å²) in [6.45, 7) is 2.08. The average molecular weight is 491 g/mol. The van der Waals surface area contributed by atoms with Crippen LogP contribution in [0.2, 0.25) is 0 Å². The van der Waals surface area contributed by atoms with Gasteiger partial charge in [0.05, 0.1) is 12.0 Å². The lowest BCUT2D eigenvalue weighted by Gasteiger charge is -2.02. The van der Waals surface area contributed by atoms with E-state index in [2.05, 4.69) is 64.0 Å². The molecule has 33 heavy (non-hydrogen) atoms. The Morgan fingerprint density at radius 3 is 2.30 bits per heavy atom. The van der Waals surface area contributed by atoms with Gasteiger partial charge in [-0.3, -0.25) is 4.79 Å². The summed E-state index contributed by atoms with van der Waals surface area (Å²) < 4.78 is 1.67. The van der Waals surface area contributed by atoms with E-state index >= 15 is 0 Å². The highest BCUT2D eigenvalue weighted by Gasteiger charge is 2.08. The molecular formula is C25H22N4OS3. The van der Waals surface area contributed by atoms with Crippen LogP contribution in [-0.2, 0) is 10.5 Å². The molecule has 0 atom stereocenters. The summed E-state index contributed by atoms with van der Waals surface area (Å²) >= 11 is 4.52. The third-order valence-corrected chi connectivity index (χ3v) is 7.88. The van der Waals surface area contributed by atoms with Gasteiger partial charge in [-0.1, -0.05) is 119 Å². The van der Waals surface area contributed by atoms with Crippen molar-refractivity contribution in [3.63, 3.8) is 0 Å². The Balaban J connectivity index is 1.19. The van der Waals surface area contributed by atoms with E-state index in [0.29, 0.717) is 0 Å². The molecule has 166 valence electrons. The first kappa shape index (κ1) is 23.2. The van der Waals surface area contributed by atoms with E-state index in [-0.39, 0.29) is 11.7 Å². The van der Waals surface area contributed by atoms with E-state index in [0.717, 1.165) is 25.6 Å². The van der Waals surface area contributed by atoms with Crippen molar-refractivity contribution in [2.45, 2.75) is 21.4 Å². The molecule has 5 nitrogen and oxygen atoms in total. The van der Waals surface area contributed by atoms with Crippen molar-refractivity contribution in [2.24, 2.45) is 5.10 Å². The number of rotatable bonds is 9. The number of aryl methyl sites for hydroxylation is 1. The monoisotopic (exact) mass is 490 g/mol. The highest BCUT2D eigenvalue weighted by molar-refractivity contribution is 8.03. The fourth-order valence-corrected chi connectivity index (χ4v) is 5.64. The second-order valence-corrected chi connectivity index (χ2v) is 10.6. The minimum atomic E-state index is -0.179. The Morgan fingerprint density at radius 1 is 0.909 bits per heavy atom. The number of thioether (sulfide) groups is 2. The molecule has 0 saturated heterocycles. The molecule has 0 aliphatic rings. The van der Waals surface area contributed by atoms with Gasteiger partial charge in [0.2, 0.25) is 0 Å². The van der Waals surface area contributed by atoms with E-state index in [1.807, 2.05) is 42.5 Å². The number of carbonyl (C=O) groups excluding carboxylic acids is 1. The van der Waals surface area contributed by atoms with E-state index < -0.39 is 0 Å². The largest absolute Gasteiger partial charge is 0.272 e. The molecule has 1 N–H and O–H groups in total. The maximum Gasteiger partial charge on any atom is 0.250 e. The predicted molar refractivity (Wildman–Crippen MR) is 139 cm³/mol. The second-order valence-electron chi connectivity index (χ2n) is 7.18. The maximum atomic E-state index is 12.1. The standard InChI is InChI=1S/C25H22N4OS3/c1-18-7-9-20(10-8-18)16-31-24-28-29-25(33-24)32-17-23(30)27-26-15-19-11-13-22(14-12-19)21-5-3-2-4-6-21/h2-15H,16-17H2,1H3,(H,27,30)/b26-15+. The molecule has 0 unspecified atom stereocenters. The van der Waals surface area contributed by atoms with Crippen molar-refractivity contribution < 1.29 is 4.79 Å². The van der Waals surface area contributed by atoms with Gasteiger partial charge >= 0.3 is 0 Å². The van der Waals surface area contributed by atoms with Crippen molar-refractivity contribution in [3.05, 3.63) is 95.6 Å². The number of amides is 1. The molecule has 0 aliphatic heterocycles. The summed E-state index contributed by atoms with van der Waals surface area (Å²) in [5.41, 5.74) is 8.30. The minimum Gasteiger partial charge on any atom is -0.272 e. The van der Waals surface area contributed by atoms with Gasteiger partial charge in [0, 0.05) is 5.75 Å². The first-order valence-electron chi connectivity index (χ1n) is 10.3. The predicted octanol–water partition coefficient (Wildman–Crippen LogP) is 6.05. The summed E-state index contributed by atoms with van der Waals surface area (Å²) in [5, 5.41) is 12.4. The Morgan fingerprint density at radius 2 is 1.58 bits per heavy atom. The van der Waals surface area contributed by atoms with Crippen LogP contribution in [0.15, 0.2) is 92.6 Å². The van der Waals surface area contributed by atoms with Gasteiger partial charge < -0.3 is 0 Å². The van der Waals surface area contributed by atoms with E-state index in [4.69, 9.17) is 0 Å². The van der Waals surface area contributed by atoms with E-state index in [1.165, 1.54) is 39.8 Å². The molecule has 0 saturated carbocycles. The Bertz CT molecular complexity index is 1210. The molecule has 3 aromatic carbocycles. The van der Waals surface area contributed by atoms with Crippen molar-refractivity contribution in [1.82, 2.24) is 15.6 Å². The van der Waals surface area contributed by atoms with Crippen molar-refractivity contribution in [3.8, 4) is 11.1 Å². The highest BCUT2D eigenvalue weighted by Crippen LogP contribution is 2.30. The Kier molecular flexibility index (Phi) is 8.30. The summed E-state index contributed by atoms with van der Waals surface area (Å²) in [6, 6.07) is 26.7. The summed E-state index contributed by atoms with van der Waals surface area (Å²) in [5.74, 6) is 0.907. The Hall–Kier alpha value is -2.94. The third kappa shape index (κ3) is 7.28. The summed E-state index contributed by atoms with van der Waals surface area (Å²) in [6.07, 6.45) is 1.64. The molecule has 0 aliphatic carbocycles. The average Bonchev–Trinajstić information content (AvgIpc) is 3.31.